The Morgan fingerprint density at radius 1 is 1.32 bits per heavy atom. The van der Waals surface area contributed by atoms with Crippen molar-refractivity contribution in [3.8, 4) is 5.75 Å². The van der Waals surface area contributed by atoms with E-state index < -0.39 is 21.9 Å². The summed E-state index contributed by atoms with van der Waals surface area (Å²) in [5, 5.41) is -0.690. The molecule has 1 aromatic rings. The second kappa shape index (κ2) is 6.67. The summed E-state index contributed by atoms with van der Waals surface area (Å²) < 4.78 is 54.2. The summed E-state index contributed by atoms with van der Waals surface area (Å²) in [5.74, 6) is -0.0381. The highest BCUT2D eigenvalue weighted by atomic mass is 32.2. The smallest absolute Gasteiger partial charge is 0.387 e. The zero-order valence-corrected chi connectivity index (χ0v) is 11.2. The molecule has 0 aliphatic heterocycles. The second-order valence-electron chi connectivity index (χ2n) is 3.82. The molecule has 0 aliphatic carbocycles. The fraction of sp³-hybridized carbons (Fsp3) is 0.455. The molecule has 1 unspecified atom stereocenters. The Kier molecular flexibility index (Phi) is 5.49. The maximum atomic E-state index is 11.9. The van der Waals surface area contributed by atoms with Gasteiger partial charge in [0, 0.05) is 12.2 Å². The van der Waals surface area contributed by atoms with Gasteiger partial charge in [0.2, 0.25) is 10.0 Å². The van der Waals surface area contributed by atoms with Crippen molar-refractivity contribution in [1.29, 1.82) is 0 Å². The van der Waals surface area contributed by atoms with Gasteiger partial charge in [-0.2, -0.15) is 8.78 Å². The van der Waals surface area contributed by atoms with Crippen LogP contribution in [0, 0.1) is 0 Å². The van der Waals surface area contributed by atoms with Gasteiger partial charge < -0.3 is 10.5 Å². The number of anilines is 1. The predicted molar refractivity (Wildman–Crippen MR) is 68.7 cm³/mol. The number of rotatable bonds is 7. The minimum Gasteiger partial charge on any atom is -0.435 e. The normalized spacial score (nSPS) is 13.3. The third-order valence-corrected chi connectivity index (χ3v) is 4.42. The van der Waals surface area contributed by atoms with Gasteiger partial charge in [0.15, 0.2) is 0 Å². The predicted octanol–water partition coefficient (Wildman–Crippen LogP) is 1.77. The molecule has 0 aromatic heterocycles. The van der Waals surface area contributed by atoms with Crippen LogP contribution in [-0.2, 0) is 10.0 Å². The molecule has 1 atom stereocenters. The lowest BCUT2D eigenvalue weighted by atomic mass is 10.3. The van der Waals surface area contributed by atoms with E-state index in [9.17, 15) is 17.2 Å². The van der Waals surface area contributed by atoms with Gasteiger partial charge in [-0.05, 0) is 30.7 Å². The Balaban J connectivity index is 2.77. The largest absolute Gasteiger partial charge is 0.435 e. The van der Waals surface area contributed by atoms with Crippen LogP contribution < -0.4 is 15.2 Å². The van der Waals surface area contributed by atoms with Gasteiger partial charge in [-0.3, -0.25) is 4.72 Å². The number of nitrogens with two attached hydrogens (primary N) is 1. The van der Waals surface area contributed by atoms with Crippen LogP contribution in [0.3, 0.4) is 0 Å². The van der Waals surface area contributed by atoms with Gasteiger partial charge in [0.1, 0.15) is 5.75 Å². The quantitative estimate of drug-likeness (QED) is 0.803. The molecule has 0 amide bonds. The lowest BCUT2D eigenvalue weighted by Gasteiger charge is -2.15. The summed E-state index contributed by atoms with van der Waals surface area (Å²) in [6, 6.07) is 5.21. The lowest BCUT2D eigenvalue weighted by Crippen LogP contribution is -2.33. The SMILES string of the molecule is CCC(CN)S(=O)(=O)Nc1ccc(OC(F)F)cc1. The number of halogens is 2. The Morgan fingerprint density at radius 3 is 2.32 bits per heavy atom. The molecule has 0 aliphatic rings. The summed E-state index contributed by atoms with van der Waals surface area (Å²) in [6.07, 6.45) is 0.387. The molecule has 1 rings (SSSR count). The number of nitrogens with one attached hydrogen (secondary N) is 1. The third kappa shape index (κ3) is 4.64. The van der Waals surface area contributed by atoms with Crippen molar-refractivity contribution in [2.24, 2.45) is 5.73 Å². The first-order valence-electron chi connectivity index (χ1n) is 5.65. The number of alkyl halides is 2. The first-order chi connectivity index (χ1) is 8.89. The molecule has 0 radical (unpaired) electrons. The number of hydrogen-bond donors (Lipinski definition) is 2. The number of ether oxygens (including phenoxy) is 1. The molecular weight excluding hydrogens is 278 g/mol. The van der Waals surface area contributed by atoms with E-state index in [2.05, 4.69) is 9.46 Å². The zero-order valence-electron chi connectivity index (χ0n) is 10.3. The minimum atomic E-state index is -3.58. The van der Waals surface area contributed by atoms with Gasteiger partial charge in [0.25, 0.3) is 0 Å². The van der Waals surface area contributed by atoms with Crippen molar-refractivity contribution in [3.05, 3.63) is 24.3 Å². The summed E-state index contributed by atoms with van der Waals surface area (Å²) in [6.45, 7) is -1.18. The molecule has 0 bridgehead atoms. The van der Waals surface area contributed by atoms with Crippen LogP contribution in [0.5, 0.6) is 5.75 Å². The van der Waals surface area contributed by atoms with E-state index in [1.54, 1.807) is 6.92 Å². The van der Waals surface area contributed by atoms with Crippen molar-refractivity contribution in [2.75, 3.05) is 11.3 Å². The van der Waals surface area contributed by atoms with E-state index in [1.807, 2.05) is 0 Å². The van der Waals surface area contributed by atoms with Gasteiger partial charge in [-0.25, -0.2) is 8.42 Å². The van der Waals surface area contributed by atoms with Crippen molar-refractivity contribution in [3.63, 3.8) is 0 Å². The fourth-order valence-corrected chi connectivity index (χ4v) is 2.79. The first kappa shape index (κ1) is 15.6. The summed E-state index contributed by atoms with van der Waals surface area (Å²) in [7, 11) is -3.58. The number of hydrogen-bond acceptors (Lipinski definition) is 4. The summed E-state index contributed by atoms with van der Waals surface area (Å²) >= 11 is 0. The molecule has 0 saturated heterocycles. The number of benzene rings is 1. The van der Waals surface area contributed by atoms with Crippen molar-refractivity contribution < 1.29 is 21.9 Å². The standard InChI is InChI=1S/C11H16F2N2O3S/c1-2-10(7-14)19(16,17)15-8-3-5-9(6-4-8)18-11(12)13/h3-6,10-11,15H,2,7,14H2,1H3. The highest BCUT2D eigenvalue weighted by Crippen LogP contribution is 2.19. The molecular formula is C11H16F2N2O3S. The topological polar surface area (TPSA) is 81.4 Å². The second-order valence-corrected chi connectivity index (χ2v) is 5.78. The molecule has 8 heteroatoms. The molecule has 0 heterocycles. The van der Waals surface area contributed by atoms with Gasteiger partial charge in [0.05, 0.1) is 5.25 Å². The van der Waals surface area contributed by atoms with E-state index in [0.29, 0.717) is 6.42 Å². The molecule has 0 saturated carbocycles. The maximum absolute atomic E-state index is 11.9. The van der Waals surface area contributed by atoms with E-state index in [1.165, 1.54) is 24.3 Å². The van der Waals surface area contributed by atoms with E-state index in [0.717, 1.165) is 0 Å². The monoisotopic (exact) mass is 294 g/mol. The van der Waals surface area contributed by atoms with Gasteiger partial charge in [-0.1, -0.05) is 6.92 Å². The van der Waals surface area contributed by atoms with Gasteiger partial charge >= 0.3 is 6.61 Å². The zero-order chi connectivity index (χ0) is 14.5. The van der Waals surface area contributed by atoms with E-state index in [-0.39, 0.29) is 18.0 Å². The first-order valence-corrected chi connectivity index (χ1v) is 7.20. The molecule has 108 valence electrons. The Hall–Kier alpha value is -1.41. The van der Waals surface area contributed by atoms with Crippen LogP contribution in [0.25, 0.3) is 0 Å². The van der Waals surface area contributed by atoms with E-state index >= 15 is 0 Å². The van der Waals surface area contributed by atoms with Crippen molar-refractivity contribution >= 4 is 15.7 Å². The van der Waals surface area contributed by atoms with Crippen LogP contribution in [0.2, 0.25) is 0 Å². The summed E-state index contributed by atoms with van der Waals surface area (Å²) in [4.78, 5) is 0. The van der Waals surface area contributed by atoms with Crippen LogP contribution in [0.4, 0.5) is 14.5 Å². The van der Waals surface area contributed by atoms with Crippen LogP contribution in [0.15, 0.2) is 24.3 Å². The average Bonchev–Trinajstić information content (AvgIpc) is 2.31. The maximum Gasteiger partial charge on any atom is 0.387 e. The molecule has 1 aromatic carbocycles. The Labute approximate surface area is 110 Å². The fourth-order valence-electron chi connectivity index (χ4n) is 1.46. The Bertz CT molecular complexity index is 487. The molecule has 19 heavy (non-hydrogen) atoms. The number of sulfonamides is 1. The highest BCUT2D eigenvalue weighted by Gasteiger charge is 2.22. The van der Waals surface area contributed by atoms with Crippen LogP contribution in [0.1, 0.15) is 13.3 Å². The molecule has 5 nitrogen and oxygen atoms in total. The third-order valence-electron chi connectivity index (χ3n) is 2.50. The van der Waals surface area contributed by atoms with Crippen molar-refractivity contribution in [2.45, 2.75) is 25.2 Å². The van der Waals surface area contributed by atoms with Crippen LogP contribution in [-0.4, -0.2) is 26.8 Å². The van der Waals surface area contributed by atoms with Crippen LogP contribution >= 0.6 is 0 Å². The molecule has 3 N–H and O–H groups in total. The lowest BCUT2D eigenvalue weighted by molar-refractivity contribution is -0.0498. The van der Waals surface area contributed by atoms with E-state index in [4.69, 9.17) is 5.73 Å². The average molecular weight is 294 g/mol. The highest BCUT2D eigenvalue weighted by molar-refractivity contribution is 7.93. The molecule has 0 fully saturated rings. The summed E-state index contributed by atoms with van der Waals surface area (Å²) in [5.41, 5.74) is 5.65. The van der Waals surface area contributed by atoms with Gasteiger partial charge in [-0.15, -0.1) is 0 Å². The Morgan fingerprint density at radius 2 is 1.89 bits per heavy atom. The molecule has 0 spiro atoms. The minimum absolute atomic E-state index is 0.0123. The van der Waals surface area contributed by atoms with Crippen molar-refractivity contribution in [1.82, 2.24) is 0 Å².